The zero-order chi connectivity index (χ0) is 11.0. The van der Waals surface area contributed by atoms with Gasteiger partial charge >= 0.3 is 5.97 Å². The number of allylic oxidation sites excluding steroid dienone is 2. The molecule has 0 bridgehead atoms. The molecule has 0 aromatic carbocycles. The average Bonchev–Trinajstić information content (AvgIpc) is 2.44. The van der Waals surface area contributed by atoms with Crippen molar-refractivity contribution < 1.29 is 20.1 Å². The van der Waals surface area contributed by atoms with Crippen molar-refractivity contribution in [3.63, 3.8) is 0 Å². The zero-order valence-electron chi connectivity index (χ0n) is 7.97. The third-order valence-electron chi connectivity index (χ3n) is 2.52. The number of hydrogen-bond acceptors (Lipinski definition) is 3. The van der Waals surface area contributed by atoms with Gasteiger partial charge in [-0.05, 0) is 12.8 Å². The zero-order valence-corrected chi connectivity index (χ0v) is 7.97. The molecule has 0 aliphatic heterocycles. The van der Waals surface area contributed by atoms with Crippen molar-refractivity contribution in [2.24, 2.45) is 0 Å². The SMILES string of the molecule is O=C(O)Cn1c(O)c2c(c1O)CC=CC2. The van der Waals surface area contributed by atoms with Gasteiger partial charge in [-0.3, -0.25) is 9.36 Å². The first kappa shape index (κ1) is 9.64. The van der Waals surface area contributed by atoms with Crippen LogP contribution in [0.15, 0.2) is 12.2 Å². The Morgan fingerprint density at radius 3 is 2.07 bits per heavy atom. The van der Waals surface area contributed by atoms with Crippen LogP contribution in [-0.2, 0) is 24.2 Å². The molecule has 1 aliphatic rings. The van der Waals surface area contributed by atoms with Crippen molar-refractivity contribution in [2.75, 3.05) is 0 Å². The Morgan fingerprint density at radius 1 is 1.20 bits per heavy atom. The number of aromatic nitrogens is 1. The second-order valence-corrected chi connectivity index (χ2v) is 3.46. The van der Waals surface area contributed by atoms with Crippen LogP contribution in [0.2, 0.25) is 0 Å². The lowest BCUT2D eigenvalue weighted by Crippen LogP contribution is -2.07. The minimum atomic E-state index is -1.10. The summed E-state index contributed by atoms with van der Waals surface area (Å²) in [5.41, 5.74) is 1.24. The summed E-state index contributed by atoms with van der Waals surface area (Å²) >= 11 is 0. The van der Waals surface area contributed by atoms with E-state index in [0.717, 1.165) is 4.57 Å². The molecular weight excluding hydrogens is 198 g/mol. The van der Waals surface area contributed by atoms with Crippen molar-refractivity contribution in [2.45, 2.75) is 19.4 Å². The van der Waals surface area contributed by atoms with E-state index in [-0.39, 0.29) is 11.8 Å². The van der Waals surface area contributed by atoms with Gasteiger partial charge in [0.05, 0.1) is 0 Å². The standard InChI is InChI=1S/C10H11NO4/c12-8(13)5-11-9(14)6-3-1-2-4-7(6)10(11)15/h1-2,14-15H,3-5H2,(H,12,13). The van der Waals surface area contributed by atoms with Crippen LogP contribution in [0.3, 0.4) is 0 Å². The van der Waals surface area contributed by atoms with Gasteiger partial charge in [-0.15, -0.1) is 0 Å². The van der Waals surface area contributed by atoms with E-state index in [2.05, 4.69) is 0 Å². The maximum Gasteiger partial charge on any atom is 0.323 e. The Balaban J connectivity index is 2.48. The molecule has 0 atom stereocenters. The van der Waals surface area contributed by atoms with Crippen molar-refractivity contribution in [3.8, 4) is 11.8 Å². The van der Waals surface area contributed by atoms with E-state index >= 15 is 0 Å². The summed E-state index contributed by atoms with van der Waals surface area (Å²) < 4.78 is 1.01. The van der Waals surface area contributed by atoms with Crippen LogP contribution < -0.4 is 0 Å². The van der Waals surface area contributed by atoms with Crippen molar-refractivity contribution in [1.82, 2.24) is 4.57 Å². The second kappa shape index (κ2) is 3.34. The van der Waals surface area contributed by atoms with Gasteiger partial charge < -0.3 is 15.3 Å². The summed E-state index contributed by atoms with van der Waals surface area (Å²) in [5, 5.41) is 28.0. The Hall–Kier alpha value is -1.91. The molecule has 2 rings (SSSR count). The molecule has 0 fully saturated rings. The van der Waals surface area contributed by atoms with Crippen LogP contribution in [0.1, 0.15) is 11.1 Å². The molecule has 15 heavy (non-hydrogen) atoms. The highest BCUT2D eigenvalue weighted by atomic mass is 16.4. The number of aromatic hydroxyl groups is 2. The predicted molar refractivity (Wildman–Crippen MR) is 51.9 cm³/mol. The molecule has 1 aromatic heterocycles. The summed E-state index contributed by atoms with van der Waals surface area (Å²) in [5.74, 6) is -1.38. The van der Waals surface area contributed by atoms with Crippen LogP contribution in [0, 0.1) is 0 Å². The van der Waals surface area contributed by atoms with Gasteiger partial charge in [-0.2, -0.15) is 0 Å². The fraction of sp³-hybridized carbons (Fsp3) is 0.300. The molecule has 0 amide bonds. The van der Waals surface area contributed by atoms with E-state index in [1.807, 2.05) is 12.2 Å². The molecule has 0 unspecified atom stereocenters. The maximum absolute atomic E-state index is 10.5. The number of carbonyl (C=O) groups is 1. The van der Waals surface area contributed by atoms with E-state index in [0.29, 0.717) is 24.0 Å². The van der Waals surface area contributed by atoms with E-state index in [4.69, 9.17) is 5.11 Å². The second-order valence-electron chi connectivity index (χ2n) is 3.46. The molecule has 5 nitrogen and oxygen atoms in total. The minimum Gasteiger partial charge on any atom is -0.494 e. The lowest BCUT2D eigenvalue weighted by atomic mass is 10.0. The summed E-state index contributed by atoms with van der Waals surface area (Å²) in [4.78, 5) is 10.5. The predicted octanol–water partition coefficient (Wildman–Crippen LogP) is 0.639. The van der Waals surface area contributed by atoms with Gasteiger partial charge in [0.1, 0.15) is 6.54 Å². The van der Waals surface area contributed by atoms with E-state index in [1.165, 1.54) is 0 Å². The normalized spacial score (nSPS) is 13.9. The third kappa shape index (κ3) is 1.45. The highest BCUT2D eigenvalue weighted by Crippen LogP contribution is 2.36. The van der Waals surface area contributed by atoms with Crippen LogP contribution in [0.5, 0.6) is 11.8 Å². The Morgan fingerprint density at radius 2 is 1.67 bits per heavy atom. The summed E-state index contributed by atoms with van der Waals surface area (Å²) in [6.07, 6.45) is 4.82. The lowest BCUT2D eigenvalue weighted by Gasteiger charge is -2.03. The number of hydrogen-bond donors (Lipinski definition) is 3. The smallest absolute Gasteiger partial charge is 0.323 e. The molecule has 0 spiro atoms. The molecule has 1 aliphatic carbocycles. The van der Waals surface area contributed by atoms with Crippen molar-refractivity contribution in [1.29, 1.82) is 0 Å². The fourth-order valence-electron chi connectivity index (χ4n) is 1.81. The van der Waals surface area contributed by atoms with Gasteiger partial charge in [-0.25, -0.2) is 0 Å². The summed E-state index contributed by atoms with van der Waals surface area (Å²) in [7, 11) is 0. The topological polar surface area (TPSA) is 82.7 Å². The number of aliphatic carboxylic acids is 1. The number of nitrogens with zero attached hydrogens (tertiary/aromatic N) is 1. The molecule has 0 saturated carbocycles. The Bertz CT molecular complexity index is 413. The molecule has 1 heterocycles. The Kier molecular flexibility index (Phi) is 2.15. The van der Waals surface area contributed by atoms with Gasteiger partial charge in [0.15, 0.2) is 11.8 Å². The number of carboxylic acid groups (broad SMARTS) is 1. The molecule has 80 valence electrons. The van der Waals surface area contributed by atoms with E-state index in [9.17, 15) is 15.0 Å². The van der Waals surface area contributed by atoms with E-state index < -0.39 is 12.5 Å². The monoisotopic (exact) mass is 209 g/mol. The van der Waals surface area contributed by atoms with Crippen LogP contribution in [-0.4, -0.2) is 25.9 Å². The molecule has 1 aromatic rings. The molecule has 0 saturated heterocycles. The highest BCUT2D eigenvalue weighted by molar-refractivity contribution is 5.68. The molecule has 5 heteroatoms. The summed E-state index contributed by atoms with van der Waals surface area (Å²) in [6.45, 7) is -0.426. The molecular formula is C10H11NO4. The maximum atomic E-state index is 10.5. The van der Waals surface area contributed by atoms with Gasteiger partial charge in [0, 0.05) is 11.1 Å². The largest absolute Gasteiger partial charge is 0.494 e. The van der Waals surface area contributed by atoms with Crippen LogP contribution in [0.25, 0.3) is 0 Å². The quantitative estimate of drug-likeness (QED) is 0.624. The first-order chi connectivity index (χ1) is 7.11. The van der Waals surface area contributed by atoms with Crippen molar-refractivity contribution in [3.05, 3.63) is 23.3 Å². The first-order valence-corrected chi connectivity index (χ1v) is 4.60. The molecule has 0 radical (unpaired) electrons. The highest BCUT2D eigenvalue weighted by Gasteiger charge is 2.23. The van der Waals surface area contributed by atoms with E-state index in [1.54, 1.807) is 0 Å². The van der Waals surface area contributed by atoms with Gasteiger partial charge in [0.2, 0.25) is 0 Å². The fourth-order valence-corrected chi connectivity index (χ4v) is 1.81. The number of fused-ring (bicyclic) bond motifs is 1. The number of rotatable bonds is 2. The lowest BCUT2D eigenvalue weighted by molar-refractivity contribution is -0.137. The summed E-state index contributed by atoms with van der Waals surface area (Å²) in [6, 6.07) is 0. The van der Waals surface area contributed by atoms with Crippen LogP contribution >= 0.6 is 0 Å². The first-order valence-electron chi connectivity index (χ1n) is 4.60. The Labute approximate surface area is 85.9 Å². The van der Waals surface area contributed by atoms with Crippen molar-refractivity contribution >= 4 is 5.97 Å². The molecule has 3 N–H and O–H groups in total. The minimum absolute atomic E-state index is 0.144. The third-order valence-corrected chi connectivity index (χ3v) is 2.52. The average molecular weight is 209 g/mol. The van der Waals surface area contributed by atoms with Gasteiger partial charge in [0.25, 0.3) is 0 Å². The van der Waals surface area contributed by atoms with Crippen LogP contribution in [0.4, 0.5) is 0 Å². The van der Waals surface area contributed by atoms with Gasteiger partial charge in [-0.1, -0.05) is 12.2 Å². The number of carboxylic acids is 1.